The predicted octanol–water partition coefficient (Wildman–Crippen LogP) is 5.73. The number of hydrogen-bond acceptors (Lipinski definition) is 0. The Morgan fingerprint density at radius 2 is 1.19 bits per heavy atom. The molecular weight excluding hydrogens is 312 g/mol. The molecule has 0 amide bonds. The molecule has 0 saturated carbocycles. The van der Waals surface area contributed by atoms with Crippen LogP contribution in [-0.4, -0.2) is 0 Å². The van der Waals surface area contributed by atoms with Gasteiger partial charge in [0, 0.05) is 6.42 Å². The molecular formula is C26H16. The number of allylic oxidation sites excluding steroid dienone is 4. The van der Waals surface area contributed by atoms with Crippen LogP contribution in [0, 0.1) is 11.8 Å². The average Bonchev–Trinajstić information content (AvgIpc) is 3.00. The second-order valence-corrected chi connectivity index (χ2v) is 7.11. The maximum absolute atomic E-state index is 3.32. The first-order valence-electron chi connectivity index (χ1n) is 9.10. The van der Waals surface area contributed by atoms with Crippen LogP contribution in [0.15, 0.2) is 90.5 Å². The van der Waals surface area contributed by atoms with E-state index in [0.717, 1.165) is 6.42 Å². The molecule has 0 aliphatic heterocycles. The molecule has 0 nitrogen and oxygen atoms in total. The summed E-state index contributed by atoms with van der Waals surface area (Å²) in [5.41, 5.74) is 10.8. The molecule has 0 radical (unpaired) electrons. The lowest BCUT2D eigenvalue weighted by Gasteiger charge is -2.31. The Morgan fingerprint density at radius 3 is 1.85 bits per heavy atom. The maximum Gasteiger partial charge on any atom is 0.0722 e. The molecule has 1 spiro atoms. The Bertz CT molecular complexity index is 1160. The van der Waals surface area contributed by atoms with Crippen molar-refractivity contribution in [1.29, 1.82) is 0 Å². The van der Waals surface area contributed by atoms with Crippen LogP contribution in [0.2, 0.25) is 0 Å². The van der Waals surface area contributed by atoms with Gasteiger partial charge in [-0.15, -0.1) is 0 Å². The Morgan fingerprint density at radius 1 is 0.654 bits per heavy atom. The summed E-state index contributed by atoms with van der Waals surface area (Å²) in [6.07, 6.45) is 5.10. The van der Waals surface area contributed by atoms with Crippen LogP contribution < -0.4 is 0 Å². The minimum Gasteiger partial charge on any atom is -0.0937 e. The summed E-state index contributed by atoms with van der Waals surface area (Å²) in [5, 5.41) is 0. The van der Waals surface area contributed by atoms with Crippen molar-refractivity contribution in [2.75, 3.05) is 0 Å². The molecule has 0 heteroatoms. The lowest BCUT2D eigenvalue weighted by atomic mass is 9.69. The van der Waals surface area contributed by atoms with Crippen molar-refractivity contribution in [3.63, 3.8) is 0 Å². The molecule has 120 valence electrons. The van der Waals surface area contributed by atoms with Crippen molar-refractivity contribution in [1.82, 2.24) is 0 Å². The molecule has 0 bridgehead atoms. The van der Waals surface area contributed by atoms with Crippen molar-refractivity contribution in [3.8, 4) is 23.0 Å². The molecule has 3 aliphatic carbocycles. The first-order valence-corrected chi connectivity index (χ1v) is 9.10. The lowest BCUT2D eigenvalue weighted by molar-refractivity contribution is 0.786. The van der Waals surface area contributed by atoms with Gasteiger partial charge in [0.05, 0.1) is 5.41 Å². The maximum atomic E-state index is 3.32. The largest absolute Gasteiger partial charge is 0.0937 e. The number of hydrogen-bond donors (Lipinski definition) is 0. The van der Waals surface area contributed by atoms with Gasteiger partial charge >= 0.3 is 0 Å². The molecule has 3 aliphatic rings. The topological polar surface area (TPSA) is 0 Å². The van der Waals surface area contributed by atoms with E-state index in [1.54, 1.807) is 0 Å². The zero-order chi connectivity index (χ0) is 17.1. The van der Waals surface area contributed by atoms with Gasteiger partial charge in [-0.25, -0.2) is 0 Å². The third-order valence-electron chi connectivity index (χ3n) is 6.04. The van der Waals surface area contributed by atoms with E-state index in [4.69, 9.17) is 0 Å². The minimum absolute atomic E-state index is 0.219. The summed E-state index contributed by atoms with van der Waals surface area (Å²) in [6.45, 7) is 0. The standard InChI is InChI=1S/C26H16/c1-2-10-18-19-11-4-7-15-23(19)26(22(18)14-3-1)24-16-8-5-12-20(24)21-13-6-9-17-25(21)26/h3-9,11-17H,10H2. The number of benzene rings is 3. The molecule has 0 atom stereocenters. The molecule has 26 heavy (non-hydrogen) atoms. The van der Waals surface area contributed by atoms with Crippen LogP contribution in [0.25, 0.3) is 16.7 Å². The Kier molecular flexibility index (Phi) is 2.61. The van der Waals surface area contributed by atoms with E-state index in [0.29, 0.717) is 0 Å². The molecule has 0 fully saturated rings. The molecule has 3 aromatic carbocycles. The summed E-state index contributed by atoms with van der Waals surface area (Å²) in [6, 6.07) is 26.7. The molecule has 0 heterocycles. The predicted molar refractivity (Wildman–Crippen MR) is 107 cm³/mol. The number of fused-ring (bicyclic) bond motifs is 9. The van der Waals surface area contributed by atoms with E-state index >= 15 is 0 Å². The average molecular weight is 328 g/mol. The third kappa shape index (κ3) is 1.48. The quantitative estimate of drug-likeness (QED) is 0.462. The van der Waals surface area contributed by atoms with Gasteiger partial charge in [-0.1, -0.05) is 84.6 Å². The fourth-order valence-electron chi connectivity index (χ4n) is 5.14. The van der Waals surface area contributed by atoms with E-state index in [2.05, 4.69) is 90.7 Å². The normalized spacial score (nSPS) is 17.1. The highest BCUT2D eigenvalue weighted by Crippen LogP contribution is 2.62. The number of rotatable bonds is 0. The van der Waals surface area contributed by atoms with Crippen LogP contribution in [-0.2, 0) is 5.41 Å². The van der Waals surface area contributed by atoms with Crippen molar-refractivity contribution in [2.24, 2.45) is 0 Å². The van der Waals surface area contributed by atoms with Crippen molar-refractivity contribution in [3.05, 3.63) is 113 Å². The van der Waals surface area contributed by atoms with Gasteiger partial charge in [0.2, 0.25) is 0 Å². The molecule has 0 N–H and O–H groups in total. The smallest absolute Gasteiger partial charge is 0.0722 e. The van der Waals surface area contributed by atoms with Gasteiger partial charge in [0.15, 0.2) is 0 Å². The van der Waals surface area contributed by atoms with Gasteiger partial charge in [0.25, 0.3) is 0 Å². The highest BCUT2D eigenvalue weighted by atomic mass is 14.5. The van der Waals surface area contributed by atoms with Gasteiger partial charge in [-0.3, -0.25) is 0 Å². The summed E-state index contributed by atoms with van der Waals surface area (Å²) in [7, 11) is 0. The molecule has 3 aromatic rings. The van der Waals surface area contributed by atoms with Crippen LogP contribution in [0.3, 0.4) is 0 Å². The summed E-state index contributed by atoms with van der Waals surface area (Å²) in [4.78, 5) is 0. The fourth-order valence-corrected chi connectivity index (χ4v) is 5.14. The van der Waals surface area contributed by atoms with Gasteiger partial charge in [0.1, 0.15) is 0 Å². The van der Waals surface area contributed by atoms with E-state index in [9.17, 15) is 0 Å². The summed E-state index contributed by atoms with van der Waals surface area (Å²) in [5.74, 6) is 6.51. The highest BCUT2D eigenvalue weighted by molar-refractivity contribution is 5.96. The SMILES string of the molecule is C1#CCC2=C(C=C1)C1(c3ccccc32)c2ccccc2-c2ccccc21. The molecule has 6 rings (SSSR count). The van der Waals surface area contributed by atoms with Crippen molar-refractivity contribution >= 4 is 5.57 Å². The Balaban J connectivity index is 1.84. The van der Waals surface area contributed by atoms with Crippen LogP contribution in [0.1, 0.15) is 28.7 Å². The summed E-state index contributed by atoms with van der Waals surface area (Å²) < 4.78 is 0. The molecule has 0 unspecified atom stereocenters. The fraction of sp³-hybridized carbons (Fsp3) is 0.0769. The zero-order valence-corrected chi connectivity index (χ0v) is 14.3. The second-order valence-electron chi connectivity index (χ2n) is 7.11. The van der Waals surface area contributed by atoms with E-state index in [1.165, 1.54) is 44.5 Å². The summed E-state index contributed by atoms with van der Waals surface area (Å²) >= 11 is 0. The highest BCUT2D eigenvalue weighted by Gasteiger charge is 2.51. The third-order valence-corrected chi connectivity index (χ3v) is 6.04. The van der Waals surface area contributed by atoms with Gasteiger partial charge in [-0.2, -0.15) is 0 Å². The van der Waals surface area contributed by atoms with Crippen LogP contribution in [0.4, 0.5) is 0 Å². The monoisotopic (exact) mass is 328 g/mol. The first kappa shape index (κ1) is 13.9. The van der Waals surface area contributed by atoms with Crippen LogP contribution in [0.5, 0.6) is 0 Å². The second kappa shape index (κ2) is 4.87. The Labute approximate surface area is 153 Å². The zero-order valence-electron chi connectivity index (χ0n) is 14.3. The van der Waals surface area contributed by atoms with Crippen molar-refractivity contribution in [2.45, 2.75) is 11.8 Å². The molecule has 0 saturated heterocycles. The van der Waals surface area contributed by atoms with E-state index in [1.807, 2.05) is 6.08 Å². The lowest BCUT2D eigenvalue weighted by Crippen LogP contribution is -2.26. The van der Waals surface area contributed by atoms with Gasteiger partial charge in [-0.05, 0) is 56.7 Å². The van der Waals surface area contributed by atoms with E-state index in [-0.39, 0.29) is 5.41 Å². The van der Waals surface area contributed by atoms with Gasteiger partial charge < -0.3 is 0 Å². The van der Waals surface area contributed by atoms with Crippen molar-refractivity contribution < 1.29 is 0 Å². The first-order chi connectivity index (χ1) is 12.9. The molecule has 0 aromatic heterocycles. The van der Waals surface area contributed by atoms with Crippen LogP contribution >= 0.6 is 0 Å². The van der Waals surface area contributed by atoms with E-state index < -0.39 is 0 Å². The Hall–Kier alpha value is -3.30. The minimum atomic E-state index is -0.219.